The van der Waals surface area contributed by atoms with Crippen LogP contribution in [0.5, 0.6) is 0 Å². The largest absolute Gasteiger partial charge is 0.453 e. The molecule has 1 fully saturated rings. The molecule has 0 saturated heterocycles. The van der Waals surface area contributed by atoms with E-state index in [1.807, 2.05) is 31.2 Å². The molecule has 3 heteroatoms. The number of ether oxygens (including phenoxy) is 1. The van der Waals surface area contributed by atoms with E-state index in [4.69, 9.17) is 9.15 Å². The second-order valence-corrected chi connectivity index (χ2v) is 6.36. The fraction of sp³-hybridized carbons (Fsp3) is 0.500. The Morgan fingerprint density at radius 1 is 1.29 bits per heavy atom. The highest BCUT2D eigenvalue weighted by Crippen LogP contribution is 2.37. The van der Waals surface area contributed by atoms with Crippen molar-refractivity contribution in [2.24, 2.45) is 5.92 Å². The van der Waals surface area contributed by atoms with Crippen LogP contribution in [0.4, 0.5) is 0 Å². The van der Waals surface area contributed by atoms with E-state index in [9.17, 15) is 4.79 Å². The number of methoxy groups -OCH3 is 1. The van der Waals surface area contributed by atoms with Crippen molar-refractivity contribution in [1.29, 1.82) is 0 Å². The Hall–Kier alpha value is -1.61. The lowest BCUT2D eigenvalue weighted by Gasteiger charge is -2.36. The number of benzene rings is 1. The average Bonchev–Trinajstić information content (AvgIpc) is 2.90. The third kappa shape index (κ3) is 2.51. The predicted octanol–water partition coefficient (Wildman–Crippen LogP) is 4.52. The van der Waals surface area contributed by atoms with Crippen LogP contribution < -0.4 is 0 Å². The van der Waals surface area contributed by atoms with Gasteiger partial charge >= 0.3 is 0 Å². The predicted molar refractivity (Wildman–Crippen MR) is 82.7 cm³/mol. The van der Waals surface area contributed by atoms with Gasteiger partial charge in [0.1, 0.15) is 11.2 Å². The van der Waals surface area contributed by atoms with E-state index in [2.05, 4.69) is 6.92 Å². The molecule has 3 nitrogen and oxygen atoms in total. The number of ketones is 1. The van der Waals surface area contributed by atoms with Gasteiger partial charge in [0.15, 0.2) is 5.76 Å². The molecule has 0 atom stereocenters. The molecule has 0 aliphatic heterocycles. The van der Waals surface area contributed by atoms with Crippen LogP contribution in [-0.2, 0) is 4.74 Å². The molecule has 0 unspecified atom stereocenters. The quantitative estimate of drug-likeness (QED) is 0.779. The number of Topliss-reactive ketones (excluding diaryl/α,β-unsaturated/α-hetero) is 1. The number of rotatable bonds is 3. The van der Waals surface area contributed by atoms with Crippen molar-refractivity contribution in [3.63, 3.8) is 0 Å². The summed E-state index contributed by atoms with van der Waals surface area (Å²) in [5.41, 5.74) is 1.23. The molecule has 1 aromatic carbocycles. The van der Waals surface area contributed by atoms with E-state index in [-0.39, 0.29) is 5.78 Å². The van der Waals surface area contributed by atoms with E-state index in [0.29, 0.717) is 11.7 Å². The number of aryl methyl sites for hydroxylation is 1. The summed E-state index contributed by atoms with van der Waals surface area (Å²) >= 11 is 0. The molecule has 21 heavy (non-hydrogen) atoms. The highest BCUT2D eigenvalue weighted by atomic mass is 16.5. The van der Waals surface area contributed by atoms with E-state index in [1.165, 1.54) is 0 Å². The second-order valence-electron chi connectivity index (χ2n) is 6.36. The number of fused-ring (bicyclic) bond motifs is 1. The normalized spacial score (nSPS) is 26.1. The zero-order valence-electron chi connectivity index (χ0n) is 12.9. The lowest BCUT2D eigenvalue weighted by atomic mass is 9.76. The minimum atomic E-state index is -0.699. The van der Waals surface area contributed by atoms with Crippen LogP contribution in [0.2, 0.25) is 0 Å². The summed E-state index contributed by atoms with van der Waals surface area (Å²) in [6.07, 6.45) is 3.61. The molecule has 1 saturated carbocycles. The van der Waals surface area contributed by atoms with Crippen molar-refractivity contribution in [2.45, 2.75) is 45.1 Å². The Bertz CT molecular complexity index is 660. The van der Waals surface area contributed by atoms with Gasteiger partial charge in [-0.25, -0.2) is 0 Å². The van der Waals surface area contributed by atoms with E-state index < -0.39 is 5.60 Å². The number of carbonyl (C=O) groups excluding carboxylic acids is 1. The zero-order chi connectivity index (χ0) is 15.0. The third-order valence-electron chi connectivity index (χ3n) is 4.78. The van der Waals surface area contributed by atoms with Crippen LogP contribution in [0.3, 0.4) is 0 Å². The molecule has 2 aromatic rings. The Morgan fingerprint density at radius 3 is 2.67 bits per heavy atom. The van der Waals surface area contributed by atoms with Gasteiger partial charge in [-0.1, -0.05) is 18.6 Å². The molecule has 1 heterocycles. The summed E-state index contributed by atoms with van der Waals surface area (Å²) in [6.45, 7) is 4.27. The van der Waals surface area contributed by atoms with Gasteiger partial charge in [-0.05, 0) is 56.7 Å². The first-order valence-corrected chi connectivity index (χ1v) is 7.64. The van der Waals surface area contributed by atoms with Crippen LogP contribution in [0, 0.1) is 12.8 Å². The van der Waals surface area contributed by atoms with Gasteiger partial charge in [-0.15, -0.1) is 0 Å². The highest BCUT2D eigenvalue weighted by molar-refractivity contribution is 6.03. The molecule has 0 radical (unpaired) electrons. The van der Waals surface area contributed by atoms with E-state index in [0.717, 1.165) is 42.2 Å². The van der Waals surface area contributed by atoms with Crippen molar-refractivity contribution in [2.75, 3.05) is 7.11 Å². The Labute approximate surface area is 125 Å². The summed E-state index contributed by atoms with van der Waals surface area (Å²) < 4.78 is 11.4. The van der Waals surface area contributed by atoms with Crippen molar-refractivity contribution < 1.29 is 13.9 Å². The maximum Gasteiger partial charge on any atom is 0.229 e. The molecular formula is C18H22O3. The number of carbonyl (C=O) groups is 1. The minimum Gasteiger partial charge on any atom is -0.453 e. The van der Waals surface area contributed by atoms with Gasteiger partial charge in [-0.2, -0.15) is 0 Å². The topological polar surface area (TPSA) is 39.4 Å². The van der Waals surface area contributed by atoms with Crippen LogP contribution in [0.25, 0.3) is 11.0 Å². The maximum atomic E-state index is 12.9. The van der Waals surface area contributed by atoms with Crippen LogP contribution in [0.15, 0.2) is 28.7 Å². The standard InChI is InChI=1S/C18H22O3/c1-12-6-8-18(20-3,9-7-12)17(19)16-11-14-10-13(2)4-5-15(14)21-16/h4-5,10-12H,6-9H2,1-3H3. The second kappa shape index (κ2) is 5.30. The lowest BCUT2D eigenvalue weighted by molar-refractivity contribution is -0.0278. The molecule has 0 bridgehead atoms. The Kier molecular flexibility index (Phi) is 3.62. The fourth-order valence-corrected chi connectivity index (χ4v) is 3.25. The van der Waals surface area contributed by atoms with Crippen molar-refractivity contribution >= 4 is 16.8 Å². The van der Waals surface area contributed by atoms with Crippen molar-refractivity contribution in [3.05, 3.63) is 35.6 Å². The van der Waals surface area contributed by atoms with Crippen LogP contribution >= 0.6 is 0 Å². The third-order valence-corrected chi connectivity index (χ3v) is 4.78. The molecule has 1 aliphatic rings. The van der Waals surface area contributed by atoms with Crippen LogP contribution in [0.1, 0.15) is 48.7 Å². The van der Waals surface area contributed by atoms with Crippen molar-refractivity contribution in [3.8, 4) is 0 Å². The van der Waals surface area contributed by atoms with Crippen LogP contribution in [-0.4, -0.2) is 18.5 Å². The van der Waals surface area contributed by atoms with Gasteiger partial charge in [0.05, 0.1) is 0 Å². The monoisotopic (exact) mass is 286 g/mol. The molecule has 0 spiro atoms. The summed E-state index contributed by atoms with van der Waals surface area (Å²) in [6, 6.07) is 7.81. The zero-order valence-corrected chi connectivity index (χ0v) is 12.9. The molecule has 0 N–H and O–H groups in total. The van der Waals surface area contributed by atoms with Gasteiger partial charge < -0.3 is 9.15 Å². The van der Waals surface area contributed by atoms with Gasteiger partial charge in [0.25, 0.3) is 0 Å². The minimum absolute atomic E-state index is 0.00856. The number of furan rings is 1. The summed E-state index contributed by atoms with van der Waals surface area (Å²) in [4.78, 5) is 12.9. The number of hydrogen-bond donors (Lipinski definition) is 0. The summed E-state index contributed by atoms with van der Waals surface area (Å²) in [5.74, 6) is 1.08. The highest BCUT2D eigenvalue weighted by Gasteiger charge is 2.43. The Morgan fingerprint density at radius 2 is 2.00 bits per heavy atom. The first kappa shape index (κ1) is 14.3. The summed E-state index contributed by atoms with van der Waals surface area (Å²) in [7, 11) is 1.64. The average molecular weight is 286 g/mol. The summed E-state index contributed by atoms with van der Waals surface area (Å²) in [5, 5.41) is 0.980. The van der Waals surface area contributed by atoms with Gasteiger partial charge in [0.2, 0.25) is 5.78 Å². The molecule has 0 amide bonds. The van der Waals surface area contributed by atoms with Crippen molar-refractivity contribution in [1.82, 2.24) is 0 Å². The van der Waals surface area contributed by atoms with E-state index >= 15 is 0 Å². The lowest BCUT2D eigenvalue weighted by Crippen LogP contribution is -2.43. The maximum absolute atomic E-state index is 12.9. The molecule has 112 valence electrons. The first-order valence-electron chi connectivity index (χ1n) is 7.64. The van der Waals surface area contributed by atoms with E-state index in [1.54, 1.807) is 7.11 Å². The molecule has 1 aliphatic carbocycles. The molecule has 3 rings (SSSR count). The van der Waals surface area contributed by atoms with Gasteiger partial charge in [-0.3, -0.25) is 4.79 Å². The fourth-order valence-electron chi connectivity index (χ4n) is 3.25. The molecular weight excluding hydrogens is 264 g/mol. The number of hydrogen-bond acceptors (Lipinski definition) is 3. The Balaban J connectivity index is 1.95. The SMILES string of the molecule is COC1(C(=O)c2cc3cc(C)ccc3o2)CCC(C)CC1. The first-order chi connectivity index (χ1) is 10.0. The van der Waals surface area contributed by atoms with Gasteiger partial charge in [0, 0.05) is 12.5 Å². The smallest absolute Gasteiger partial charge is 0.229 e. The molecule has 1 aromatic heterocycles.